The van der Waals surface area contributed by atoms with E-state index in [9.17, 15) is 4.79 Å². The highest BCUT2D eigenvalue weighted by Gasteiger charge is 2.20. The van der Waals surface area contributed by atoms with Crippen LogP contribution in [0.25, 0.3) is 0 Å². The van der Waals surface area contributed by atoms with Crippen molar-refractivity contribution >= 4 is 6.29 Å². The van der Waals surface area contributed by atoms with Gasteiger partial charge in [-0.1, -0.05) is 38.1 Å². The van der Waals surface area contributed by atoms with Crippen LogP contribution in [-0.4, -0.2) is 44.5 Å². The normalized spacial score (nSPS) is 12.2. The molecule has 0 heterocycles. The molecule has 170 valence electrons. The Balaban J connectivity index is 1.91. The Morgan fingerprint density at radius 2 is 1.74 bits per heavy atom. The monoisotopic (exact) mass is 425 g/mol. The number of carbonyl (C=O) groups is 1. The van der Waals surface area contributed by atoms with Crippen LogP contribution in [0.4, 0.5) is 0 Å². The second kappa shape index (κ2) is 13.2. The highest BCUT2D eigenvalue weighted by molar-refractivity contribution is 5.65. The molecular formula is C27H39NO3. The van der Waals surface area contributed by atoms with Crippen LogP contribution in [-0.2, 0) is 11.2 Å². The lowest BCUT2D eigenvalue weighted by atomic mass is 9.86. The van der Waals surface area contributed by atoms with Gasteiger partial charge in [0.1, 0.15) is 17.8 Å². The van der Waals surface area contributed by atoms with E-state index in [1.807, 2.05) is 32.0 Å². The molecule has 0 saturated carbocycles. The number of ether oxygens (including phenoxy) is 2. The van der Waals surface area contributed by atoms with Crippen LogP contribution < -0.4 is 9.47 Å². The summed E-state index contributed by atoms with van der Waals surface area (Å²) in [5.74, 6) is 2.07. The van der Waals surface area contributed by atoms with Crippen LogP contribution in [0.1, 0.15) is 69.1 Å². The molecule has 2 aromatic carbocycles. The number of likely N-dealkylation sites (N-methyl/N-ethyl adjacent to an activating group) is 1. The fraction of sp³-hybridized carbons (Fsp3) is 0.519. The van der Waals surface area contributed by atoms with Crippen molar-refractivity contribution in [3.05, 3.63) is 59.2 Å². The smallest absolute Gasteiger partial charge is 0.127 e. The van der Waals surface area contributed by atoms with Gasteiger partial charge in [-0.25, -0.2) is 0 Å². The molecule has 0 aromatic heterocycles. The third kappa shape index (κ3) is 7.70. The minimum absolute atomic E-state index is 0.0888. The first-order valence-electron chi connectivity index (χ1n) is 11.6. The predicted molar refractivity (Wildman–Crippen MR) is 129 cm³/mol. The van der Waals surface area contributed by atoms with Crippen molar-refractivity contribution in [3.63, 3.8) is 0 Å². The van der Waals surface area contributed by atoms with E-state index in [0.717, 1.165) is 55.7 Å². The van der Waals surface area contributed by atoms with Crippen molar-refractivity contribution in [3.8, 4) is 11.5 Å². The molecule has 0 aliphatic rings. The number of carbonyl (C=O) groups excluding carboxylic acids is 1. The first kappa shape index (κ1) is 24.9. The molecule has 4 heteroatoms. The first-order valence-corrected chi connectivity index (χ1v) is 11.6. The lowest BCUT2D eigenvalue weighted by Crippen LogP contribution is -2.23. The number of hydrogen-bond acceptors (Lipinski definition) is 4. The van der Waals surface area contributed by atoms with Gasteiger partial charge in [0.25, 0.3) is 0 Å². The van der Waals surface area contributed by atoms with E-state index < -0.39 is 0 Å². The molecule has 0 aliphatic heterocycles. The molecule has 2 rings (SSSR count). The number of benzene rings is 2. The van der Waals surface area contributed by atoms with Gasteiger partial charge in [-0.05, 0) is 81.9 Å². The number of hydrogen-bond donors (Lipinski definition) is 0. The Hall–Kier alpha value is -2.33. The van der Waals surface area contributed by atoms with E-state index in [1.165, 1.54) is 11.1 Å². The summed E-state index contributed by atoms with van der Waals surface area (Å²) in [6, 6.07) is 14.4. The van der Waals surface area contributed by atoms with Gasteiger partial charge >= 0.3 is 0 Å². The Morgan fingerprint density at radius 3 is 2.42 bits per heavy atom. The number of nitrogens with zero attached hydrogens (tertiary/aromatic N) is 1. The minimum atomic E-state index is -0.0888. The van der Waals surface area contributed by atoms with Crippen molar-refractivity contribution < 1.29 is 14.3 Å². The Morgan fingerprint density at radius 1 is 1.00 bits per heavy atom. The highest BCUT2D eigenvalue weighted by atomic mass is 16.5. The molecule has 31 heavy (non-hydrogen) atoms. The largest absolute Gasteiger partial charge is 0.494 e. The van der Waals surface area contributed by atoms with E-state index in [2.05, 4.69) is 50.1 Å². The zero-order valence-corrected chi connectivity index (χ0v) is 19.9. The average molecular weight is 426 g/mol. The van der Waals surface area contributed by atoms with Gasteiger partial charge in [-0.2, -0.15) is 0 Å². The van der Waals surface area contributed by atoms with Crippen LogP contribution in [0.3, 0.4) is 0 Å². The van der Waals surface area contributed by atoms with E-state index >= 15 is 0 Å². The van der Waals surface area contributed by atoms with E-state index in [0.29, 0.717) is 19.1 Å². The average Bonchev–Trinajstić information content (AvgIpc) is 2.76. The molecule has 0 N–H and O–H groups in total. The summed E-state index contributed by atoms with van der Waals surface area (Å²) in [6.45, 7) is 11.6. The first-order chi connectivity index (χ1) is 15.0. The molecule has 0 spiro atoms. The van der Waals surface area contributed by atoms with Crippen LogP contribution in [0, 0.1) is 0 Å². The highest BCUT2D eigenvalue weighted by Crippen LogP contribution is 2.35. The fourth-order valence-corrected chi connectivity index (χ4v) is 4.05. The number of aldehydes is 1. The molecule has 1 unspecified atom stereocenters. The Labute approximate surface area is 188 Å². The van der Waals surface area contributed by atoms with Gasteiger partial charge in [0.05, 0.1) is 13.2 Å². The Kier molecular flexibility index (Phi) is 10.6. The summed E-state index contributed by atoms with van der Waals surface area (Å²) in [4.78, 5) is 14.3. The molecule has 4 nitrogen and oxygen atoms in total. The maximum Gasteiger partial charge on any atom is 0.127 e. The van der Waals surface area contributed by atoms with Crippen molar-refractivity contribution in [1.29, 1.82) is 0 Å². The SMILES string of the molecule is CCOc1cccc(CCN(C)CCCC(C=O)c2cccc(OCC)c2C(C)C)c1. The van der Waals surface area contributed by atoms with Gasteiger partial charge in [0.2, 0.25) is 0 Å². The standard InChI is InChI=1S/C27H39NO3/c1-6-30-24-13-8-11-22(19-24)16-18-28(5)17-10-12-23(20-29)25-14-9-15-26(31-7-2)27(25)21(3)4/h8-9,11,13-15,19-21,23H,6-7,10,12,16-18H2,1-5H3. The minimum Gasteiger partial charge on any atom is -0.494 e. The van der Waals surface area contributed by atoms with Crippen molar-refractivity contribution in [2.75, 3.05) is 33.4 Å². The van der Waals surface area contributed by atoms with Crippen LogP contribution >= 0.6 is 0 Å². The molecule has 0 radical (unpaired) electrons. The van der Waals surface area contributed by atoms with Gasteiger partial charge in [0.15, 0.2) is 0 Å². The van der Waals surface area contributed by atoms with E-state index in [1.54, 1.807) is 0 Å². The summed E-state index contributed by atoms with van der Waals surface area (Å²) in [7, 11) is 2.15. The van der Waals surface area contributed by atoms with Crippen molar-refractivity contribution in [2.24, 2.45) is 0 Å². The quantitative estimate of drug-likeness (QED) is 0.356. The fourth-order valence-electron chi connectivity index (χ4n) is 4.05. The maximum absolute atomic E-state index is 12.0. The van der Waals surface area contributed by atoms with Gasteiger partial charge in [0, 0.05) is 18.0 Å². The van der Waals surface area contributed by atoms with Gasteiger partial charge < -0.3 is 19.2 Å². The maximum atomic E-state index is 12.0. The van der Waals surface area contributed by atoms with Gasteiger partial charge in [-0.15, -0.1) is 0 Å². The molecule has 0 saturated heterocycles. The molecular weight excluding hydrogens is 386 g/mol. The van der Waals surface area contributed by atoms with Gasteiger partial charge in [-0.3, -0.25) is 0 Å². The summed E-state index contributed by atoms with van der Waals surface area (Å²) >= 11 is 0. The van der Waals surface area contributed by atoms with Crippen LogP contribution in [0.15, 0.2) is 42.5 Å². The van der Waals surface area contributed by atoms with Crippen molar-refractivity contribution in [2.45, 2.75) is 58.8 Å². The molecule has 0 fully saturated rings. The summed E-state index contributed by atoms with van der Waals surface area (Å²) < 4.78 is 11.4. The van der Waals surface area contributed by atoms with E-state index in [-0.39, 0.29) is 5.92 Å². The topological polar surface area (TPSA) is 38.8 Å². The zero-order valence-electron chi connectivity index (χ0n) is 19.9. The second-order valence-corrected chi connectivity index (χ2v) is 8.37. The molecule has 0 aliphatic carbocycles. The second-order valence-electron chi connectivity index (χ2n) is 8.37. The summed E-state index contributed by atoms with van der Waals surface area (Å²) in [5, 5.41) is 0. The molecule has 1 atom stereocenters. The lowest BCUT2D eigenvalue weighted by molar-refractivity contribution is -0.109. The summed E-state index contributed by atoms with van der Waals surface area (Å²) in [6.07, 6.45) is 3.93. The van der Waals surface area contributed by atoms with Crippen LogP contribution in [0.2, 0.25) is 0 Å². The lowest BCUT2D eigenvalue weighted by Gasteiger charge is -2.22. The van der Waals surface area contributed by atoms with Crippen molar-refractivity contribution in [1.82, 2.24) is 4.90 Å². The third-order valence-corrected chi connectivity index (χ3v) is 5.59. The third-order valence-electron chi connectivity index (χ3n) is 5.59. The zero-order chi connectivity index (χ0) is 22.6. The van der Waals surface area contributed by atoms with Crippen LogP contribution in [0.5, 0.6) is 11.5 Å². The predicted octanol–water partition coefficient (Wildman–Crippen LogP) is 5.84. The molecule has 0 bridgehead atoms. The van der Waals surface area contributed by atoms with E-state index in [4.69, 9.17) is 9.47 Å². The number of rotatable bonds is 14. The Bertz CT molecular complexity index is 803. The molecule has 2 aromatic rings. The molecule has 0 amide bonds. The summed E-state index contributed by atoms with van der Waals surface area (Å²) in [5.41, 5.74) is 3.58.